The van der Waals surface area contributed by atoms with Gasteiger partial charge in [-0.2, -0.15) is 0 Å². The molecule has 1 aliphatic rings. The van der Waals surface area contributed by atoms with Crippen LogP contribution in [0.3, 0.4) is 0 Å². The molecule has 0 N–H and O–H groups in total. The van der Waals surface area contributed by atoms with Gasteiger partial charge in [0.25, 0.3) is 5.91 Å². The van der Waals surface area contributed by atoms with E-state index in [1.807, 2.05) is 30.3 Å². The van der Waals surface area contributed by atoms with Gasteiger partial charge in [0.05, 0.1) is 6.10 Å². The Hall–Kier alpha value is -2.24. The molecule has 3 rings (SSSR count). The summed E-state index contributed by atoms with van der Waals surface area (Å²) in [5, 5.41) is 0. The van der Waals surface area contributed by atoms with E-state index >= 15 is 0 Å². The van der Waals surface area contributed by atoms with Gasteiger partial charge in [-0.3, -0.25) is 9.69 Å². The van der Waals surface area contributed by atoms with E-state index in [0.29, 0.717) is 18.7 Å². The largest absolute Gasteiger partial charge is 0.377 e. The molecule has 0 saturated carbocycles. The van der Waals surface area contributed by atoms with Gasteiger partial charge in [-0.1, -0.05) is 24.3 Å². The first kappa shape index (κ1) is 19.5. The van der Waals surface area contributed by atoms with Gasteiger partial charge in [0.15, 0.2) is 0 Å². The first-order chi connectivity index (χ1) is 13.0. The van der Waals surface area contributed by atoms with Gasteiger partial charge in [0.2, 0.25) is 0 Å². The molecular weight excluding hydrogens is 343 g/mol. The Labute approximate surface area is 160 Å². The molecule has 0 aromatic heterocycles. The number of halogens is 1. The lowest BCUT2D eigenvalue weighted by Crippen LogP contribution is -2.31. The molecule has 27 heavy (non-hydrogen) atoms. The van der Waals surface area contributed by atoms with Crippen LogP contribution in [0.1, 0.15) is 34.3 Å². The predicted molar refractivity (Wildman–Crippen MR) is 104 cm³/mol. The van der Waals surface area contributed by atoms with Crippen molar-refractivity contribution in [3.63, 3.8) is 0 Å². The van der Waals surface area contributed by atoms with E-state index < -0.39 is 0 Å². The molecule has 144 valence electrons. The van der Waals surface area contributed by atoms with E-state index in [2.05, 4.69) is 4.90 Å². The van der Waals surface area contributed by atoms with Crippen LogP contribution in [0.2, 0.25) is 0 Å². The third-order valence-electron chi connectivity index (χ3n) is 4.77. The molecule has 0 bridgehead atoms. The van der Waals surface area contributed by atoms with Crippen LogP contribution < -0.4 is 0 Å². The number of nitrogens with zero attached hydrogens (tertiary/aromatic N) is 2. The van der Waals surface area contributed by atoms with E-state index in [-0.39, 0.29) is 17.8 Å². The fraction of sp³-hybridized carbons (Fsp3) is 0.409. The molecule has 5 heteroatoms. The van der Waals surface area contributed by atoms with Crippen molar-refractivity contribution in [3.8, 4) is 0 Å². The van der Waals surface area contributed by atoms with Gasteiger partial charge in [-0.05, 0) is 48.2 Å². The van der Waals surface area contributed by atoms with Gasteiger partial charge in [0.1, 0.15) is 5.82 Å². The maximum Gasteiger partial charge on any atom is 0.253 e. The zero-order chi connectivity index (χ0) is 19.2. The Morgan fingerprint density at radius 2 is 1.81 bits per heavy atom. The summed E-state index contributed by atoms with van der Waals surface area (Å²) in [4.78, 5) is 16.1. The van der Waals surface area contributed by atoms with Crippen molar-refractivity contribution in [3.05, 3.63) is 71.0 Å². The third-order valence-corrected chi connectivity index (χ3v) is 4.77. The van der Waals surface area contributed by atoms with Crippen molar-refractivity contribution in [1.29, 1.82) is 0 Å². The summed E-state index contributed by atoms with van der Waals surface area (Å²) in [5.41, 5.74) is 2.69. The smallest absolute Gasteiger partial charge is 0.253 e. The molecule has 0 spiro atoms. The average molecular weight is 370 g/mol. The molecule has 1 fully saturated rings. The predicted octanol–water partition coefficient (Wildman–Crippen LogP) is 3.71. The molecule has 4 nitrogen and oxygen atoms in total. The molecule has 1 aliphatic heterocycles. The summed E-state index contributed by atoms with van der Waals surface area (Å²) < 4.78 is 19.4. The summed E-state index contributed by atoms with van der Waals surface area (Å²) in [7, 11) is 3.51. The zero-order valence-electron chi connectivity index (χ0n) is 16.0. The lowest BCUT2D eigenvalue weighted by atomic mass is 10.1. The maximum absolute atomic E-state index is 13.6. The summed E-state index contributed by atoms with van der Waals surface area (Å²) in [6, 6.07) is 14.4. The molecule has 1 unspecified atom stereocenters. The van der Waals surface area contributed by atoms with Gasteiger partial charge in [-0.15, -0.1) is 0 Å². The van der Waals surface area contributed by atoms with Crippen LogP contribution in [0.25, 0.3) is 0 Å². The molecule has 1 atom stereocenters. The Kier molecular flexibility index (Phi) is 6.58. The molecule has 2 aromatic carbocycles. The maximum atomic E-state index is 13.6. The third kappa shape index (κ3) is 5.62. The molecule has 1 saturated heterocycles. The minimum atomic E-state index is -0.219. The van der Waals surface area contributed by atoms with Crippen LogP contribution in [0, 0.1) is 5.82 Å². The highest BCUT2D eigenvalue weighted by molar-refractivity contribution is 5.94. The second kappa shape index (κ2) is 9.11. The summed E-state index contributed by atoms with van der Waals surface area (Å²) in [6.45, 7) is 2.93. The molecule has 1 amide bonds. The second-order valence-corrected chi connectivity index (χ2v) is 7.33. The topological polar surface area (TPSA) is 32.8 Å². The normalized spacial score (nSPS) is 16.7. The fourth-order valence-electron chi connectivity index (χ4n) is 3.47. The first-order valence-electron chi connectivity index (χ1n) is 9.40. The number of carbonyl (C=O) groups excluding carboxylic acids is 1. The van der Waals surface area contributed by atoms with E-state index in [0.717, 1.165) is 37.1 Å². The summed E-state index contributed by atoms with van der Waals surface area (Å²) in [6.07, 6.45) is 2.36. The molecule has 2 aromatic rings. The lowest BCUT2D eigenvalue weighted by molar-refractivity contribution is 0.0678. The van der Waals surface area contributed by atoms with Crippen LogP contribution in [0.4, 0.5) is 4.39 Å². The number of hydrogen-bond acceptors (Lipinski definition) is 3. The number of rotatable bonds is 7. The minimum Gasteiger partial charge on any atom is -0.377 e. The highest BCUT2D eigenvalue weighted by Gasteiger charge is 2.20. The Morgan fingerprint density at radius 1 is 1.11 bits per heavy atom. The second-order valence-electron chi connectivity index (χ2n) is 7.33. The standard InChI is InChI=1S/C22H27FN2O2/c1-24(2)22(26)19-8-3-6-17(12-19)14-25(16-21-10-5-11-27-21)15-18-7-4-9-20(23)13-18/h3-4,6-9,12-13,21H,5,10-11,14-16H2,1-2H3. The van der Waals surface area contributed by atoms with Crippen molar-refractivity contribution < 1.29 is 13.9 Å². The molecule has 0 radical (unpaired) electrons. The number of ether oxygens (including phenoxy) is 1. The van der Waals surface area contributed by atoms with Crippen LogP contribution in [-0.2, 0) is 17.8 Å². The van der Waals surface area contributed by atoms with E-state index in [1.54, 1.807) is 31.1 Å². The van der Waals surface area contributed by atoms with Crippen LogP contribution in [0.15, 0.2) is 48.5 Å². The number of benzene rings is 2. The molecule has 1 heterocycles. The van der Waals surface area contributed by atoms with Gasteiger partial charge in [0, 0.05) is 45.9 Å². The van der Waals surface area contributed by atoms with Crippen LogP contribution >= 0.6 is 0 Å². The van der Waals surface area contributed by atoms with Gasteiger partial charge in [-0.25, -0.2) is 4.39 Å². The highest BCUT2D eigenvalue weighted by Crippen LogP contribution is 2.18. The van der Waals surface area contributed by atoms with Crippen molar-refractivity contribution in [1.82, 2.24) is 9.80 Å². The molecular formula is C22H27FN2O2. The number of carbonyl (C=O) groups is 1. The van der Waals surface area contributed by atoms with E-state index in [4.69, 9.17) is 4.74 Å². The van der Waals surface area contributed by atoms with Crippen LogP contribution in [0.5, 0.6) is 0 Å². The van der Waals surface area contributed by atoms with Crippen molar-refractivity contribution in [2.45, 2.75) is 32.0 Å². The fourth-order valence-corrected chi connectivity index (χ4v) is 3.47. The molecule has 0 aliphatic carbocycles. The Balaban J connectivity index is 1.76. The number of amides is 1. The lowest BCUT2D eigenvalue weighted by Gasteiger charge is -2.25. The first-order valence-corrected chi connectivity index (χ1v) is 9.40. The SMILES string of the molecule is CN(C)C(=O)c1cccc(CN(Cc2cccc(F)c2)CC2CCCO2)c1. The Bertz CT molecular complexity index is 772. The highest BCUT2D eigenvalue weighted by atomic mass is 19.1. The quantitative estimate of drug-likeness (QED) is 0.745. The number of hydrogen-bond donors (Lipinski definition) is 0. The monoisotopic (exact) mass is 370 g/mol. The zero-order valence-corrected chi connectivity index (χ0v) is 16.0. The van der Waals surface area contributed by atoms with Crippen molar-refractivity contribution in [2.24, 2.45) is 0 Å². The summed E-state index contributed by atoms with van der Waals surface area (Å²) >= 11 is 0. The van der Waals surface area contributed by atoms with Crippen molar-refractivity contribution in [2.75, 3.05) is 27.2 Å². The van der Waals surface area contributed by atoms with Gasteiger partial charge < -0.3 is 9.64 Å². The van der Waals surface area contributed by atoms with Crippen LogP contribution in [-0.4, -0.2) is 49.1 Å². The van der Waals surface area contributed by atoms with Gasteiger partial charge >= 0.3 is 0 Å². The van der Waals surface area contributed by atoms with E-state index in [9.17, 15) is 9.18 Å². The average Bonchev–Trinajstić information content (AvgIpc) is 3.14. The minimum absolute atomic E-state index is 0.00680. The Morgan fingerprint density at radius 3 is 2.44 bits per heavy atom. The van der Waals surface area contributed by atoms with Crippen molar-refractivity contribution >= 4 is 5.91 Å². The van der Waals surface area contributed by atoms with E-state index in [1.165, 1.54) is 6.07 Å². The summed E-state index contributed by atoms with van der Waals surface area (Å²) in [5.74, 6) is -0.226.